The highest BCUT2D eigenvalue weighted by Gasteiger charge is 2.31. The highest BCUT2D eigenvalue weighted by molar-refractivity contribution is 6.02. The Morgan fingerprint density at radius 3 is 2.50 bits per heavy atom. The standard InChI is InChI=1S/C21H24N2O3/c1-3-17-14-22(4-2)20(24)18-11-10-16(21(25)26)12-19(18)23(17)13-15-8-6-5-7-9-15/h5-12,17H,3-4,13-14H2,1-2H3,(H,25,26). The van der Waals surface area contributed by atoms with Crippen molar-refractivity contribution in [3.05, 3.63) is 65.2 Å². The van der Waals surface area contributed by atoms with Crippen LogP contribution in [0.3, 0.4) is 0 Å². The van der Waals surface area contributed by atoms with Crippen molar-refractivity contribution in [2.75, 3.05) is 18.0 Å². The van der Waals surface area contributed by atoms with Crippen molar-refractivity contribution in [3.8, 4) is 0 Å². The maximum absolute atomic E-state index is 13.0. The van der Waals surface area contributed by atoms with Gasteiger partial charge in [-0.15, -0.1) is 0 Å². The van der Waals surface area contributed by atoms with E-state index in [0.717, 1.165) is 12.0 Å². The first-order valence-corrected chi connectivity index (χ1v) is 9.02. The zero-order valence-corrected chi connectivity index (χ0v) is 15.2. The SMILES string of the molecule is CCC1CN(CC)C(=O)c2ccc(C(=O)O)cc2N1Cc1ccccc1. The Balaban J connectivity index is 2.13. The molecule has 1 heterocycles. The summed E-state index contributed by atoms with van der Waals surface area (Å²) in [5, 5.41) is 9.41. The van der Waals surface area contributed by atoms with E-state index in [2.05, 4.69) is 24.0 Å². The van der Waals surface area contributed by atoms with Gasteiger partial charge in [0, 0.05) is 25.7 Å². The molecule has 136 valence electrons. The number of anilines is 1. The molecule has 1 aliphatic rings. The first kappa shape index (κ1) is 18.0. The van der Waals surface area contributed by atoms with Gasteiger partial charge in [-0.1, -0.05) is 37.3 Å². The number of carbonyl (C=O) groups excluding carboxylic acids is 1. The molecule has 0 bridgehead atoms. The third kappa shape index (κ3) is 3.43. The van der Waals surface area contributed by atoms with Crippen LogP contribution in [-0.2, 0) is 6.54 Å². The van der Waals surface area contributed by atoms with E-state index in [4.69, 9.17) is 0 Å². The first-order valence-electron chi connectivity index (χ1n) is 9.02. The van der Waals surface area contributed by atoms with Gasteiger partial charge in [-0.25, -0.2) is 4.79 Å². The number of amides is 1. The van der Waals surface area contributed by atoms with Gasteiger partial charge in [-0.3, -0.25) is 4.79 Å². The average molecular weight is 352 g/mol. The fraction of sp³-hybridized carbons (Fsp3) is 0.333. The summed E-state index contributed by atoms with van der Waals surface area (Å²) >= 11 is 0. The molecule has 5 nitrogen and oxygen atoms in total. The molecule has 1 unspecified atom stereocenters. The average Bonchev–Trinajstić information content (AvgIpc) is 2.77. The number of hydrogen-bond donors (Lipinski definition) is 1. The molecule has 0 spiro atoms. The van der Waals surface area contributed by atoms with E-state index in [-0.39, 0.29) is 17.5 Å². The molecule has 26 heavy (non-hydrogen) atoms. The van der Waals surface area contributed by atoms with Crippen LogP contribution in [0, 0.1) is 0 Å². The van der Waals surface area contributed by atoms with Crippen LogP contribution in [0.5, 0.6) is 0 Å². The van der Waals surface area contributed by atoms with Gasteiger partial charge < -0.3 is 14.9 Å². The van der Waals surface area contributed by atoms with E-state index in [1.807, 2.05) is 30.0 Å². The molecular weight excluding hydrogens is 328 g/mol. The maximum atomic E-state index is 13.0. The molecule has 0 saturated carbocycles. The topological polar surface area (TPSA) is 60.9 Å². The van der Waals surface area contributed by atoms with Crippen molar-refractivity contribution < 1.29 is 14.7 Å². The van der Waals surface area contributed by atoms with Crippen LogP contribution >= 0.6 is 0 Å². The summed E-state index contributed by atoms with van der Waals surface area (Å²) in [6.07, 6.45) is 0.868. The van der Waals surface area contributed by atoms with Crippen LogP contribution in [0.4, 0.5) is 5.69 Å². The Morgan fingerprint density at radius 2 is 1.88 bits per heavy atom. The number of aromatic carboxylic acids is 1. The fourth-order valence-electron chi connectivity index (χ4n) is 3.50. The maximum Gasteiger partial charge on any atom is 0.335 e. The minimum absolute atomic E-state index is 0.0338. The molecule has 5 heteroatoms. The van der Waals surface area contributed by atoms with Gasteiger partial charge in [0.2, 0.25) is 0 Å². The predicted octanol–water partition coefficient (Wildman–Crippen LogP) is 3.65. The lowest BCUT2D eigenvalue weighted by Crippen LogP contribution is -2.42. The van der Waals surface area contributed by atoms with Gasteiger partial charge in [-0.2, -0.15) is 0 Å². The Labute approximate surface area is 153 Å². The Morgan fingerprint density at radius 1 is 1.15 bits per heavy atom. The number of carboxylic acids is 1. The molecule has 0 saturated heterocycles. The van der Waals surface area contributed by atoms with Crippen LogP contribution in [0.25, 0.3) is 0 Å². The second kappa shape index (κ2) is 7.60. The molecule has 0 aromatic heterocycles. The Hall–Kier alpha value is -2.82. The number of carbonyl (C=O) groups is 2. The van der Waals surface area contributed by atoms with Crippen LogP contribution in [0.2, 0.25) is 0 Å². The zero-order valence-electron chi connectivity index (χ0n) is 15.2. The van der Waals surface area contributed by atoms with Crippen LogP contribution in [0.15, 0.2) is 48.5 Å². The minimum Gasteiger partial charge on any atom is -0.478 e. The Bertz CT molecular complexity index is 804. The number of fused-ring (bicyclic) bond motifs is 1. The summed E-state index contributed by atoms with van der Waals surface area (Å²) in [6, 6.07) is 15.0. The quantitative estimate of drug-likeness (QED) is 0.892. The van der Waals surface area contributed by atoms with Gasteiger partial charge >= 0.3 is 5.97 Å². The minimum atomic E-state index is -0.982. The number of rotatable bonds is 5. The lowest BCUT2D eigenvalue weighted by molar-refractivity contribution is 0.0694. The zero-order chi connectivity index (χ0) is 18.7. The van der Waals surface area contributed by atoms with Crippen LogP contribution in [0.1, 0.15) is 46.5 Å². The lowest BCUT2D eigenvalue weighted by Gasteiger charge is -2.33. The van der Waals surface area contributed by atoms with Gasteiger partial charge in [0.15, 0.2) is 0 Å². The number of benzene rings is 2. The largest absolute Gasteiger partial charge is 0.478 e. The van der Waals surface area contributed by atoms with Crippen molar-refractivity contribution in [1.29, 1.82) is 0 Å². The van der Waals surface area contributed by atoms with E-state index in [0.29, 0.717) is 30.9 Å². The smallest absolute Gasteiger partial charge is 0.335 e. The molecule has 0 radical (unpaired) electrons. The summed E-state index contributed by atoms with van der Waals surface area (Å²) in [5.74, 6) is -1.02. The van der Waals surface area contributed by atoms with Crippen molar-refractivity contribution in [2.24, 2.45) is 0 Å². The molecule has 0 aliphatic carbocycles. The highest BCUT2D eigenvalue weighted by atomic mass is 16.4. The fourth-order valence-corrected chi connectivity index (χ4v) is 3.50. The molecule has 0 fully saturated rings. The third-order valence-electron chi connectivity index (χ3n) is 4.99. The third-order valence-corrected chi connectivity index (χ3v) is 4.99. The summed E-state index contributed by atoms with van der Waals surface area (Å²) in [5.41, 5.74) is 2.62. The number of hydrogen-bond acceptors (Lipinski definition) is 3. The van der Waals surface area contributed by atoms with Crippen molar-refractivity contribution >= 4 is 17.6 Å². The van der Waals surface area contributed by atoms with E-state index in [1.165, 1.54) is 6.07 Å². The van der Waals surface area contributed by atoms with E-state index < -0.39 is 5.97 Å². The summed E-state index contributed by atoms with van der Waals surface area (Å²) in [7, 11) is 0. The molecule has 1 atom stereocenters. The van der Waals surface area contributed by atoms with E-state index in [9.17, 15) is 14.7 Å². The molecule has 2 aromatic rings. The second-order valence-corrected chi connectivity index (χ2v) is 6.56. The lowest BCUT2D eigenvalue weighted by atomic mass is 10.0. The molecule has 2 aromatic carbocycles. The van der Waals surface area contributed by atoms with Gasteiger partial charge in [0.05, 0.1) is 16.8 Å². The van der Waals surface area contributed by atoms with Crippen molar-refractivity contribution in [1.82, 2.24) is 4.90 Å². The van der Waals surface area contributed by atoms with Crippen LogP contribution in [-0.4, -0.2) is 41.0 Å². The summed E-state index contributed by atoms with van der Waals surface area (Å²) in [4.78, 5) is 28.5. The monoisotopic (exact) mass is 352 g/mol. The molecule has 1 N–H and O–H groups in total. The molecular formula is C21H24N2O3. The predicted molar refractivity (Wildman–Crippen MR) is 102 cm³/mol. The van der Waals surface area contributed by atoms with E-state index in [1.54, 1.807) is 12.1 Å². The van der Waals surface area contributed by atoms with Crippen molar-refractivity contribution in [2.45, 2.75) is 32.9 Å². The number of nitrogens with zero attached hydrogens (tertiary/aromatic N) is 2. The Kier molecular flexibility index (Phi) is 5.26. The van der Waals surface area contributed by atoms with Crippen molar-refractivity contribution in [3.63, 3.8) is 0 Å². The first-order chi connectivity index (χ1) is 12.5. The van der Waals surface area contributed by atoms with Gasteiger partial charge in [0.1, 0.15) is 0 Å². The molecule has 1 amide bonds. The number of likely N-dealkylation sites (N-methyl/N-ethyl adjacent to an activating group) is 1. The second-order valence-electron chi connectivity index (χ2n) is 6.56. The van der Waals surface area contributed by atoms with Crippen LogP contribution < -0.4 is 4.90 Å². The van der Waals surface area contributed by atoms with E-state index >= 15 is 0 Å². The summed E-state index contributed by atoms with van der Waals surface area (Å²) in [6.45, 7) is 5.99. The molecule has 1 aliphatic heterocycles. The number of carboxylic acid groups (broad SMARTS) is 1. The normalized spacial score (nSPS) is 17.0. The molecule has 3 rings (SSSR count). The highest BCUT2D eigenvalue weighted by Crippen LogP contribution is 2.31. The van der Waals surface area contributed by atoms with Gasteiger partial charge in [0.25, 0.3) is 5.91 Å². The van der Waals surface area contributed by atoms with Gasteiger partial charge in [-0.05, 0) is 37.1 Å². The summed E-state index contributed by atoms with van der Waals surface area (Å²) < 4.78 is 0.